The molecule has 5 nitrogen and oxygen atoms in total. The molecule has 0 aromatic rings. The first kappa shape index (κ1) is 13.8. The molecule has 0 aromatic heterocycles. The highest BCUT2D eigenvalue weighted by Gasteiger charge is 2.36. The van der Waals surface area contributed by atoms with Crippen molar-refractivity contribution < 1.29 is 4.79 Å². The van der Waals surface area contributed by atoms with E-state index in [9.17, 15) is 4.79 Å². The SMILES string of the molecule is CC(C)(C(=O)NN1CCCCC1)N1CCNCC1. The molecule has 2 N–H and O–H groups in total. The van der Waals surface area contributed by atoms with Crippen molar-refractivity contribution in [3.63, 3.8) is 0 Å². The molecule has 2 aliphatic heterocycles. The second-order valence-corrected chi connectivity index (χ2v) is 5.78. The fraction of sp³-hybridized carbons (Fsp3) is 0.923. The quantitative estimate of drug-likeness (QED) is 0.755. The van der Waals surface area contributed by atoms with Crippen LogP contribution in [0.2, 0.25) is 0 Å². The summed E-state index contributed by atoms with van der Waals surface area (Å²) in [6.07, 6.45) is 3.66. The summed E-state index contributed by atoms with van der Waals surface area (Å²) >= 11 is 0. The first-order valence-electron chi connectivity index (χ1n) is 7.12. The summed E-state index contributed by atoms with van der Waals surface area (Å²) in [4.78, 5) is 14.7. The van der Waals surface area contributed by atoms with E-state index in [-0.39, 0.29) is 5.91 Å². The van der Waals surface area contributed by atoms with Gasteiger partial charge in [-0.3, -0.25) is 15.1 Å². The molecule has 0 saturated carbocycles. The van der Waals surface area contributed by atoms with Crippen molar-refractivity contribution in [2.75, 3.05) is 39.3 Å². The molecule has 5 heteroatoms. The second kappa shape index (κ2) is 5.99. The smallest absolute Gasteiger partial charge is 0.254 e. The number of hydrazine groups is 1. The molecule has 0 spiro atoms. The van der Waals surface area contributed by atoms with Gasteiger partial charge in [0.1, 0.15) is 0 Å². The number of hydrogen-bond donors (Lipinski definition) is 2. The molecule has 2 rings (SSSR count). The number of rotatable bonds is 3. The Morgan fingerprint density at radius 3 is 2.28 bits per heavy atom. The average molecular weight is 254 g/mol. The average Bonchev–Trinajstić information content (AvgIpc) is 2.41. The molecule has 2 fully saturated rings. The summed E-state index contributed by atoms with van der Waals surface area (Å²) in [5.74, 6) is 0.131. The number of piperidine rings is 1. The van der Waals surface area contributed by atoms with Gasteiger partial charge in [0.25, 0.3) is 5.91 Å². The molecular formula is C13H26N4O. The number of piperazine rings is 1. The first-order valence-corrected chi connectivity index (χ1v) is 7.12. The van der Waals surface area contributed by atoms with Crippen molar-refractivity contribution in [3.8, 4) is 0 Å². The highest BCUT2D eigenvalue weighted by Crippen LogP contribution is 2.16. The Morgan fingerprint density at radius 2 is 1.67 bits per heavy atom. The highest BCUT2D eigenvalue weighted by molar-refractivity contribution is 5.85. The first-order chi connectivity index (χ1) is 8.60. The minimum atomic E-state index is -0.417. The van der Waals surface area contributed by atoms with E-state index in [0.29, 0.717) is 0 Å². The van der Waals surface area contributed by atoms with Crippen molar-refractivity contribution in [2.24, 2.45) is 0 Å². The molecule has 2 heterocycles. The van der Waals surface area contributed by atoms with E-state index >= 15 is 0 Å². The molecule has 18 heavy (non-hydrogen) atoms. The molecule has 0 radical (unpaired) electrons. The van der Waals surface area contributed by atoms with Gasteiger partial charge in [-0.05, 0) is 26.7 Å². The largest absolute Gasteiger partial charge is 0.314 e. The summed E-state index contributed by atoms with van der Waals surface area (Å²) in [5, 5.41) is 5.40. The van der Waals surface area contributed by atoms with E-state index in [0.717, 1.165) is 39.3 Å². The number of nitrogens with one attached hydrogen (secondary N) is 2. The van der Waals surface area contributed by atoms with Gasteiger partial charge in [-0.25, -0.2) is 5.01 Å². The molecule has 0 bridgehead atoms. The van der Waals surface area contributed by atoms with Crippen LogP contribution in [0, 0.1) is 0 Å². The molecule has 1 amide bonds. The van der Waals surface area contributed by atoms with Crippen LogP contribution < -0.4 is 10.7 Å². The van der Waals surface area contributed by atoms with E-state index in [1.807, 2.05) is 13.8 Å². The Morgan fingerprint density at radius 1 is 1.06 bits per heavy atom. The maximum Gasteiger partial charge on any atom is 0.254 e. The monoisotopic (exact) mass is 254 g/mol. The lowest BCUT2D eigenvalue weighted by Crippen LogP contribution is -2.62. The maximum atomic E-state index is 12.4. The minimum Gasteiger partial charge on any atom is -0.314 e. The Balaban J connectivity index is 1.88. The zero-order valence-corrected chi connectivity index (χ0v) is 11.7. The van der Waals surface area contributed by atoms with Crippen molar-refractivity contribution in [2.45, 2.75) is 38.6 Å². The highest BCUT2D eigenvalue weighted by atomic mass is 16.2. The lowest BCUT2D eigenvalue weighted by molar-refractivity contribution is -0.137. The van der Waals surface area contributed by atoms with Gasteiger partial charge < -0.3 is 5.32 Å². The zero-order valence-electron chi connectivity index (χ0n) is 11.7. The Hall–Kier alpha value is -0.650. The van der Waals surface area contributed by atoms with Crippen LogP contribution in [0.3, 0.4) is 0 Å². The standard InChI is InChI=1S/C13H26N4O/c1-13(2,16-10-6-14-7-11-16)12(18)15-17-8-4-3-5-9-17/h14H,3-11H2,1-2H3,(H,15,18). The number of hydrogen-bond acceptors (Lipinski definition) is 4. The van der Waals surface area contributed by atoms with E-state index in [1.54, 1.807) is 0 Å². The van der Waals surface area contributed by atoms with E-state index in [4.69, 9.17) is 0 Å². The number of carbonyl (C=O) groups excluding carboxylic acids is 1. The third-order valence-electron chi connectivity index (χ3n) is 4.08. The maximum absolute atomic E-state index is 12.4. The lowest BCUT2D eigenvalue weighted by atomic mass is 10.0. The van der Waals surface area contributed by atoms with Crippen LogP contribution in [0.15, 0.2) is 0 Å². The lowest BCUT2D eigenvalue weighted by Gasteiger charge is -2.41. The Kier molecular flexibility index (Phi) is 4.59. The van der Waals surface area contributed by atoms with Gasteiger partial charge in [0.15, 0.2) is 0 Å². The minimum absolute atomic E-state index is 0.131. The van der Waals surface area contributed by atoms with Gasteiger partial charge >= 0.3 is 0 Å². The van der Waals surface area contributed by atoms with Crippen molar-refractivity contribution in [1.29, 1.82) is 0 Å². The molecule has 2 saturated heterocycles. The summed E-state index contributed by atoms with van der Waals surface area (Å²) < 4.78 is 0. The zero-order chi connectivity index (χ0) is 13.0. The third-order valence-corrected chi connectivity index (χ3v) is 4.08. The summed E-state index contributed by atoms with van der Waals surface area (Å²) in [6, 6.07) is 0. The van der Waals surface area contributed by atoms with Crippen molar-refractivity contribution in [3.05, 3.63) is 0 Å². The van der Waals surface area contributed by atoms with Crippen LogP contribution in [-0.4, -0.2) is 60.6 Å². The Bertz CT molecular complexity index is 281. The van der Waals surface area contributed by atoms with Gasteiger partial charge in [-0.2, -0.15) is 0 Å². The topological polar surface area (TPSA) is 47.6 Å². The number of carbonyl (C=O) groups is 1. The van der Waals surface area contributed by atoms with Crippen LogP contribution in [0.4, 0.5) is 0 Å². The predicted molar refractivity (Wildman–Crippen MR) is 72.1 cm³/mol. The third kappa shape index (κ3) is 3.22. The summed E-state index contributed by atoms with van der Waals surface area (Å²) in [5.41, 5.74) is 2.67. The molecule has 0 aliphatic carbocycles. The number of amides is 1. The van der Waals surface area contributed by atoms with Gasteiger partial charge in [0, 0.05) is 39.3 Å². The van der Waals surface area contributed by atoms with Crippen molar-refractivity contribution in [1.82, 2.24) is 20.7 Å². The Labute approximate surface area is 110 Å². The van der Waals surface area contributed by atoms with Gasteiger partial charge in [0.2, 0.25) is 0 Å². The molecule has 104 valence electrons. The molecular weight excluding hydrogens is 228 g/mol. The molecule has 2 aliphatic rings. The summed E-state index contributed by atoms with van der Waals surface area (Å²) in [7, 11) is 0. The van der Waals surface area contributed by atoms with Gasteiger partial charge in [-0.15, -0.1) is 0 Å². The van der Waals surface area contributed by atoms with Crippen LogP contribution >= 0.6 is 0 Å². The fourth-order valence-corrected chi connectivity index (χ4v) is 2.65. The summed E-state index contributed by atoms with van der Waals surface area (Å²) in [6.45, 7) is 9.86. The van der Waals surface area contributed by atoms with Gasteiger partial charge in [-0.1, -0.05) is 6.42 Å². The molecule has 0 aromatic carbocycles. The normalized spacial score (nSPS) is 23.9. The van der Waals surface area contributed by atoms with E-state index in [2.05, 4.69) is 20.7 Å². The fourth-order valence-electron chi connectivity index (χ4n) is 2.65. The molecule has 0 atom stereocenters. The van der Waals surface area contributed by atoms with E-state index in [1.165, 1.54) is 19.3 Å². The van der Waals surface area contributed by atoms with Crippen LogP contribution in [0.25, 0.3) is 0 Å². The van der Waals surface area contributed by atoms with E-state index < -0.39 is 5.54 Å². The second-order valence-electron chi connectivity index (χ2n) is 5.78. The van der Waals surface area contributed by atoms with Crippen molar-refractivity contribution >= 4 is 5.91 Å². The predicted octanol–water partition coefficient (Wildman–Crippen LogP) is 0.187. The number of nitrogens with zero attached hydrogens (tertiary/aromatic N) is 2. The molecule has 0 unspecified atom stereocenters. The van der Waals surface area contributed by atoms with Crippen LogP contribution in [0.5, 0.6) is 0 Å². The van der Waals surface area contributed by atoms with Crippen LogP contribution in [0.1, 0.15) is 33.1 Å². The van der Waals surface area contributed by atoms with Gasteiger partial charge in [0.05, 0.1) is 5.54 Å². The van der Waals surface area contributed by atoms with Crippen LogP contribution in [-0.2, 0) is 4.79 Å².